The van der Waals surface area contributed by atoms with Crippen LogP contribution >= 0.6 is 0 Å². The molecule has 0 amide bonds. The molecule has 0 saturated carbocycles. The van der Waals surface area contributed by atoms with Crippen LogP contribution in [0.2, 0.25) is 0 Å². The Morgan fingerprint density at radius 2 is 1.83 bits per heavy atom. The van der Waals surface area contributed by atoms with Gasteiger partial charge in [-0.05, 0) is 56.5 Å². The van der Waals surface area contributed by atoms with Gasteiger partial charge in [0.25, 0.3) is 0 Å². The van der Waals surface area contributed by atoms with Gasteiger partial charge in [-0.15, -0.1) is 0 Å². The van der Waals surface area contributed by atoms with Gasteiger partial charge in [-0.2, -0.15) is 0 Å². The smallest absolute Gasteiger partial charge is 0.120 e. The van der Waals surface area contributed by atoms with E-state index in [-0.39, 0.29) is 6.04 Å². The Labute approximate surface area is 109 Å². The topological polar surface area (TPSA) is 25.2 Å². The maximum atomic E-state index is 5.40. The molecule has 2 aromatic rings. The molecule has 2 heteroatoms. The predicted octanol–water partition coefficient (Wildman–Crippen LogP) is 4.06. The molecule has 1 aromatic heterocycles. The van der Waals surface area contributed by atoms with Gasteiger partial charge in [0.2, 0.25) is 0 Å². The van der Waals surface area contributed by atoms with Gasteiger partial charge >= 0.3 is 0 Å². The van der Waals surface area contributed by atoms with Crippen molar-refractivity contribution in [1.29, 1.82) is 0 Å². The van der Waals surface area contributed by atoms with Crippen molar-refractivity contribution in [2.75, 3.05) is 0 Å². The van der Waals surface area contributed by atoms with Crippen LogP contribution in [-0.2, 0) is 6.54 Å². The van der Waals surface area contributed by atoms with Gasteiger partial charge in [-0.3, -0.25) is 0 Å². The predicted molar refractivity (Wildman–Crippen MR) is 74.6 cm³/mol. The first kappa shape index (κ1) is 12.9. The van der Waals surface area contributed by atoms with Gasteiger partial charge in [0.1, 0.15) is 5.76 Å². The summed E-state index contributed by atoms with van der Waals surface area (Å²) in [4.78, 5) is 0. The van der Waals surface area contributed by atoms with E-state index in [0.29, 0.717) is 0 Å². The van der Waals surface area contributed by atoms with Crippen molar-refractivity contribution in [3.63, 3.8) is 0 Å². The Morgan fingerprint density at radius 1 is 1.17 bits per heavy atom. The van der Waals surface area contributed by atoms with Gasteiger partial charge in [-0.1, -0.05) is 17.7 Å². The number of furan rings is 1. The zero-order chi connectivity index (χ0) is 13.1. The fraction of sp³-hybridized carbons (Fsp3) is 0.375. The lowest BCUT2D eigenvalue weighted by Crippen LogP contribution is -2.19. The van der Waals surface area contributed by atoms with E-state index in [0.717, 1.165) is 12.3 Å². The van der Waals surface area contributed by atoms with Crippen LogP contribution in [0.5, 0.6) is 0 Å². The molecule has 1 heterocycles. The zero-order valence-corrected chi connectivity index (χ0v) is 11.6. The molecule has 1 unspecified atom stereocenters. The number of hydrogen-bond donors (Lipinski definition) is 1. The summed E-state index contributed by atoms with van der Waals surface area (Å²) in [5.41, 5.74) is 5.42. The Bertz CT molecular complexity index is 491. The fourth-order valence-corrected chi connectivity index (χ4v) is 2.38. The van der Waals surface area contributed by atoms with Crippen molar-refractivity contribution in [3.05, 3.63) is 58.5 Å². The van der Waals surface area contributed by atoms with Gasteiger partial charge in [-0.25, -0.2) is 0 Å². The largest absolute Gasteiger partial charge is 0.468 e. The summed E-state index contributed by atoms with van der Waals surface area (Å²) in [6.07, 6.45) is 1.72. The molecule has 1 N–H and O–H groups in total. The van der Waals surface area contributed by atoms with Crippen molar-refractivity contribution in [2.45, 2.75) is 40.3 Å². The summed E-state index contributed by atoms with van der Waals surface area (Å²) in [6.45, 7) is 9.49. The van der Waals surface area contributed by atoms with Crippen LogP contribution < -0.4 is 5.32 Å². The molecule has 0 bridgehead atoms. The third-order valence-electron chi connectivity index (χ3n) is 3.40. The molecular weight excluding hydrogens is 222 g/mol. The maximum Gasteiger partial charge on any atom is 0.120 e. The minimum atomic E-state index is 0.236. The van der Waals surface area contributed by atoms with Crippen LogP contribution in [0.25, 0.3) is 0 Å². The van der Waals surface area contributed by atoms with E-state index in [9.17, 15) is 0 Å². The van der Waals surface area contributed by atoms with E-state index in [2.05, 4.69) is 45.1 Å². The van der Waals surface area contributed by atoms with Crippen LogP contribution in [0.4, 0.5) is 0 Å². The molecule has 1 aromatic carbocycles. The highest BCUT2D eigenvalue weighted by atomic mass is 16.3. The summed E-state index contributed by atoms with van der Waals surface area (Å²) in [6, 6.07) is 8.64. The lowest BCUT2D eigenvalue weighted by molar-refractivity contribution is 0.429. The van der Waals surface area contributed by atoms with Crippen molar-refractivity contribution in [1.82, 2.24) is 5.32 Å². The van der Waals surface area contributed by atoms with Crippen molar-refractivity contribution >= 4 is 0 Å². The third kappa shape index (κ3) is 2.82. The van der Waals surface area contributed by atoms with Gasteiger partial charge in [0.05, 0.1) is 12.3 Å². The van der Waals surface area contributed by atoms with Crippen LogP contribution in [-0.4, -0.2) is 0 Å². The zero-order valence-electron chi connectivity index (χ0n) is 11.6. The molecule has 0 aliphatic carbocycles. The van der Waals surface area contributed by atoms with Crippen LogP contribution in [0, 0.1) is 20.8 Å². The van der Waals surface area contributed by atoms with Gasteiger partial charge in [0, 0.05) is 6.54 Å². The molecule has 2 nitrogen and oxygen atoms in total. The van der Waals surface area contributed by atoms with Gasteiger partial charge in [0.15, 0.2) is 0 Å². The summed E-state index contributed by atoms with van der Waals surface area (Å²) >= 11 is 0. The minimum absolute atomic E-state index is 0.236. The summed E-state index contributed by atoms with van der Waals surface area (Å²) in [5.74, 6) is 0.984. The fourth-order valence-electron chi connectivity index (χ4n) is 2.38. The standard InChI is InChI=1S/C16H21NO/c1-11-8-12(2)15(13(3)9-11)10-17-14(4)16-6-5-7-18-16/h5-9,14,17H,10H2,1-4H3. The normalized spacial score (nSPS) is 12.7. The van der Waals surface area contributed by atoms with E-state index in [1.54, 1.807) is 6.26 Å². The number of hydrogen-bond acceptors (Lipinski definition) is 2. The molecule has 96 valence electrons. The molecule has 0 spiro atoms. The number of rotatable bonds is 4. The second-order valence-electron chi connectivity index (χ2n) is 5.00. The second kappa shape index (κ2) is 5.40. The molecule has 2 rings (SSSR count). The highest BCUT2D eigenvalue weighted by Crippen LogP contribution is 2.18. The van der Waals surface area contributed by atoms with Crippen molar-refractivity contribution < 1.29 is 4.42 Å². The Hall–Kier alpha value is -1.54. The SMILES string of the molecule is Cc1cc(C)c(CNC(C)c2ccco2)c(C)c1. The van der Waals surface area contributed by atoms with Crippen LogP contribution in [0.3, 0.4) is 0 Å². The van der Waals surface area contributed by atoms with Crippen molar-refractivity contribution in [3.8, 4) is 0 Å². The van der Waals surface area contributed by atoms with Crippen LogP contribution in [0.1, 0.15) is 41.0 Å². The molecule has 0 radical (unpaired) electrons. The molecule has 0 saturated heterocycles. The maximum absolute atomic E-state index is 5.40. The van der Waals surface area contributed by atoms with E-state index in [1.165, 1.54) is 22.3 Å². The van der Waals surface area contributed by atoms with Gasteiger partial charge < -0.3 is 9.73 Å². The summed E-state index contributed by atoms with van der Waals surface area (Å²) in [7, 11) is 0. The average Bonchev–Trinajstić information content (AvgIpc) is 2.80. The Balaban J connectivity index is 2.07. The highest BCUT2D eigenvalue weighted by Gasteiger charge is 2.09. The first-order chi connectivity index (χ1) is 8.58. The number of nitrogens with one attached hydrogen (secondary N) is 1. The molecule has 0 fully saturated rings. The second-order valence-corrected chi connectivity index (χ2v) is 5.00. The first-order valence-corrected chi connectivity index (χ1v) is 6.41. The highest BCUT2D eigenvalue weighted by molar-refractivity contribution is 5.37. The quantitative estimate of drug-likeness (QED) is 0.876. The summed E-state index contributed by atoms with van der Waals surface area (Å²) in [5, 5.41) is 3.51. The lowest BCUT2D eigenvalue weighted by atomic mass is 9.99. The van der Waals surface area contributed by atoms with Crippen LogP contribution in [0.15, 0.2) is 34.9 Å². The van der Waals surface area contributed by atoms with E-state index >= 15 is 0 Å². The minimum Gasteiger partial charge on any atom is -0.468 e. The number of aryl methyl sites for hydroxylation is 3. The monoisotopic (exact) mass is 243 g/mol. The lowest BCUT2D eigenvalue weighted by Gasteiger charge is -2.15. The number of benzene rings is 1. The van der Waals surface area contributed by atoms with E-state index in [1.807, 2.05) is 12.1 Å². The molecule has 18 heavy (non-hydrogen) atoms. The third-order valence-corrected chi connectivity index (χ3v) is 3.40. The van der Waals surface area contributed by atoms with E-state index in [4.69, 9.17) is 4.42 Å². The molecule has 0 aliphatic rings. The Morgan fingerprint density at radius 3 is 2.39 bits per heavy atom. The molecule has 0 aliphatic heterocycles. The average molecular weight is 243 g/mol. The Kier molecular flexibility index (Phi) is 3.87. The van der Waals surface area contributed by atoms with E-state index < -0.39 is 0 Å². The van der Waals surface area contributed by atoms with Crippen molar-refractivity contribution in [2.24, 2.45) is 0 Å². The first-order valence-electron chi connectivity index (χ1n) is 6.41. The molecular formula is C16H21NO. The summed E-state index contributed by atoms with van der Waals surface area (Å²) < 4.78 is 5.40. The molecule has 1 atom stereocenters.